The second kappa shape index (κ2) is 28.7. The van der Waals surface area contributed by atoms with Gasteiger partial charge in [-0.2, -0.15) is 10.5 Å². The minimum atomic E-state index is 0.331. The highest BCUT2D eigenvalue weighted by Gasteiger charge is 2.27. The molecule has 16 heteroatoms. The minimum Gasteiger partial charge on any atom is -0.308 e. The van der Waals surface area contributed by atoms with Crippen LogP contribution < -0.4 is 0 Å². The maximum Gasteiger partial charge on any atom is 0.164 e. The summed E-state index contributed by atoms with van der Waals surface area (Å²) in [6.45, 7) is 0. The summed E-state index contributed by atoms with van der Waals surface area (Å²) in [4.78, 5) is 62.1. The van der Waals surface area contributed by atoms with Gasteiger partial charge in [0, 0.05) is 88.3 Å². The predicted octanol–water partition coefficient (Wildman–Crippen LogP) is 22.0. The van der Waals surface area contributed by atoms with Gasteiger partial charge in [0.15, 0.2) is 69.9 Å². The molecular weight excluding hydrogens is 1400 g/mol. The van der Waals surface area contributed by atoms with Crippen LogP contribution in [0.15, 0.2) is 352 Å². The lowest BCUT2D eigenvalue weighted by atomic mass is 9.96. The van der Waals surface area contributed by atoms with Crippen molar-refractivity contribution in [3.05, 3.63) is 363 Å². The van der Waals surface area contributed by atoms with Crippen LogP contribution in [-0.4, -0.2) is 68.9 Å². The Labute approximate surface area is 653 Å². The lowest BCUT2D eigenvalue weighted by molar-refractivity contribution is 1.07. The van der Waals surface area contributed by atoms with E-state index in [1.807, 2.05) is 303 Å². The second-order valence-electron chi connectivity index (χ2n) is 27.4. The Hall–Kier alpha value is -16.3. The zero-order valence-corrected chi connectivity index (χ0v) is 60.6. The molecule has 20 aromatic rings. The van der Waals surface area contributed by atoms with Crippen LogP contribution in [0.25, 0.3) is 203 Å². The van der Waals surface area contributed by atoms with E-state index >= 15 is 0 Å². The summed E-state index contributed by atoms with van der Waals surface area (Å²) in [5, 5.41) is 26.9. The summed E-state index contributed by atoms with van der Waals surface area (Å²) in [7, 11) is 0. The first kappa shape index (κ1) is 67.1. The number of fused-ring (bicyclic) bond motifs is 6. The van der Waals surface area contributed by atoms with Gasteiger partial charge in [-0.05, 0) is 102 Å². The Kier molecular flexibility index (Phi) is 16.9. The highest BCUT2D eigenvalue weighted by molar-refractivity contribution is 6.14. The van der Waals surface area contributed by atoms with E-state index in [-0.39, 0.29) is 0 Å². The average Bonchev–Trinajstić information content (AvgIpc) is 1.54. The maximum absolute atomic E-state index is 12.6. The van der Waals surface area contributed by atoms with Crippen LogP contribution in [0, 0.1) is 22.7 Å². The molecule has 0 unspecified atom stereocenters. The third-order valence-corrected chi connectivity index (χ3v) is 20.4. The largest absolute Gasteiger partial charge is 0.308 e. The number of nitriles is 2. The van der Waals surface area contributed by atoms with Crippen LogP contribution in [-0.2, 0) is 0 Å². The van der Waals surface area contributed by atoms with E-state index in [9.17, 15) is 10.5 Å². The smallest absolute Gasteiger partial charge is 0.164 e. The van der Waals surface area contributed by atoms with Crippen molar-refractivity contribution >= 4 is 43.6 Å². The van der Waals surface area contributed by atoms with Crippen molar-refractivity contribution in [1.82, 2.24) is 68.9 Å². The number of rotatable bonds is 15. The number of benzene rings is 14. The van der Waals surface area contributed by atoms with Crippen LogP contribution in [0.3, 0.4) is 0 Å². The van der Waals surface area contributed by atoms with Gasteiger partial charge in [0.1, 0.15) is 11.6 Å². The Bertz CT molecular complexity index is 6220. The van der Waals surface area contributed by atoms with Gasteiger partial charge in [-0.15, -0.1) is 0 Å². The van der Waals surface area contributed by atoms with Gasteiger partial charge in [-0.25, -0.2) is 59.8 Å². The maximum atomic E-state index is 12.6. The van der Waals surface area contributed by atoms with Crippen LogP contribution >= 0.6 is 0 Å². The summed E-state index contributed by atoms with van der Waals surface area (Å²) in [5.74, 6) is 5.95. The fourth-order valence-electron chi connectivity index (χ4n) is 14.9. The highest BCUT2D eigenvalue weighted by Crippen LogP contribution is 2.45. The van der Waals surface area contributed by atoms with Crippen LogP contribution in [0.4, 0.5) is 0 Å². The molecule has 530 valence electrons. The van der Waals surface area contributed by atoms with E-state index < -0.39 is 0 Å². The molecule has 14 aromatic carbocycles. The fraction of sp³-hybridized carbons (Fsp3) is 0. The normalized spacial score (nSPS) is 11.3. The lowest BCUT2D eigenvalue weighted by Gasteiger charge is -2.19. The second-order valence-corrected chi connectivity index (χ2v) is 27.4. The zero-order chi connectivity index (χ0) is 76.0. The molecule has 0 amide bonds. The molecule has 0 atom stereocenters. The summed E-state index contributed by atoms with van der Waals surface area (Å²) in [6.07, 6.45) is 0. The molecule has 0 saturated heterocycles. The Morgan fingerprint density at radius 2 is 0.386 bits per heavy atom. The van der Waals surface area contributed by atoms with E-state index in [2.05, 4.69) is 69.8 Å². The van der Waals surface area contributed by atoms with Gasteiger partial charge < -0.3 is 9.13 Å². The first-order valence-electron chi connectivity index (χ1n) is 37.1. The van der Waals surface area contributed by atoms with Gasteiger partial charge in [0.05, 0.1) is 45.1 Å². The monoisotopic (exact) mass is 1460 g/mol. The van der Waals surface area contributed by atoms with Crippen molar-refractivity contribution in [2.45, 2.75) is 0 Å². The summed E-state index contributed by atoms with van der Waals surface area (Å²) >= 11 is 0. The van der Waals surface area contributed by atoms with E-state index in [1.165, 1.54) is 0 Å². The van der Waals surface area contributed by atoms with Crippen LogP contribution in [0.1, 0.15) is 11.1 Å². The van der Waals surface area contributed by atoms with Crippen molar-refractivity contribution < 1.29 is 0 Å². The predicted molar refractivity (Wildman–Crippen MR) is 449 cm³/mol. The SMILES string of the molecule is N#Cc1ccccc1-c1cc(-n2c3ccc(-c4nc(-c5ccccc5)nc(-c5ccccc5)n4)cc3c3cc(-c4nc(-c5ccccc5)nc(-c5ccccc5)n4)ccc32)c(C#N)c(-n2c3ccc(-c4nc(-c5ccccc5)nc(-c5ccccc5)n4)cc3c3cc(-c4nc(-c5ccccc5)nc(-c5ccccc5)n4)ccc32)c1. The molecule has 6 heterocycles. The highest BCUT2D eigenvalue weighted by atomic mass is 15.1. The lowest BCUT2D eigenvalue weighted by Crippen LogP contribution is -2.06. The van der Waals surface area contributed by atoms with Crippen molar-refractivity contribution in [3.63, 3.8) is 0 Å². The molecule has 0 aliphatic heterocycles. The van der Waals surface area contributed by atoms with Gasteiger partial charge in [-0.3, -0.25) is 0 Å². The van der Waals surface area contributed by atoms with Crippen LogP contribution in [0.2, 0.25) is 0 Å². The molecule has 16 nitrogen and oxygen atoms in total. The Morgan fingerprint density at radius 1 is 0.184 bits per heavy atom. The van der Waals surface area contributed by atoms with E-state index in [1.54, 1.807) is 0 Å². The molecule has 0 aliphatic carbocycles. The van der Waals surface area contributed by atoms with E-state index in [4.69, 9.17) is 59.8 Å². The minimum absolute atomic E-state index is 0.331. The van der Waals surface area contributed by atoms with Crippen LogP contribution in [0.5, 0.6) is 0 Å². The molecule has 0 aliphatic rings. The number of hydrogen-bond acceptors (Lipinski definition) is 14. The van der Waals surface area contributed by atoms with Crippen molar-refractivity contribution in [2.24, 2.45) is 0 Å². The molecule has 114 heavy (non-hydrogen) atoms. The molecular formula is C98H58N16. The molecule has 0 spiro atoms. The van der Waals surface area contributed by atoms with E-state index in [0.29, 0.717) is 104 Å². The summed E-state index contributed by atoms with van der Waals surface area (Å²) < 4.78 is 4.31. The zero-order valence-electron chi connectivity index (χ0n) is 60.6. The molecule has 0 radical (unpaired) electrons. The number of aromatic nitrogens is 14. The topological polar surface area (TPSA) is 212 Å². The standard InChI is InChI=1S/C98H58N16/c99-59-73-43-25-26-44-75(73)74-57-85(113-81-49-45-69(95-105-87(61-27-9-1-10-28-61)101-88(106-95)62-29-11-2-12-30-62)53-76(81)77-54-70(46-50-82(77)113)96-107-89(63-31-13-3-14-32-63)102-90(108-96)64-33-15-4-16-34-64)80(60-100)86(58-74)114-83-51-47-71(97-109-91(65-35-17-5-18-36-65)103-92(110-97)66-37-19-6-20-38-66)55-78(83)79-56-72(48-52-84(79)114)98-111-93(67-39-21-7-22-40-67)104-94(112-98)68-41-23-8-24-42-68/h1-58H. The van der Waals surface area contributed by atoms with Crippen molar-refractivity contribution in [1.29, 1.82) is 10.5 Å². The molecule has 0 saturated carbocycles. The van der Waals surface area contributed by atoms with Gasteiger partial charge >= 0.3 is 0 Å². The quantitative estimate of drug-likeness (QED) is 0.0934. The third-order valence-electron chi connectivity index (χ3n) is 20.4. The molecule has 0 bridgehead atoms. The summed E-state index contributed by atoms with van der Waals surface area (Å²) in [5.41, 5.74) is 15.8. The first-order chi connectivity index (χ1) is 56.4. The van der Waals surface area contributed by atoms with Crippen molar-refractivity contribution in [2.75, 3.05) is 0 Å². The molecule has 0 N–H and O–H groups in total. The van der Waals surface area contributed by atoms with Crippen molar-refractivity contribution in [3.8, 4) is 171 Å². The first-order valence-corrected chi connectivity index (χ1v) is 37.1. The van der Waals surface area contributed by atoms with Gasteiger partial charge in [0.25, 0.3) is 0 Å². The van der Waals surface area contributed by atoms with E-state index in [0.717, 1.165) is 110 Å². The third kappa shape index (κ3) is 12.4. The molecule has 20 rings (SSSR count). The fourth-order valence-corrected chi connectivity index (χ4v) is 14.9. The number of hydrogen-bond donors (Lipinski definition) is 0. The number of nitrogens with zero attached hydrogens (tertiary/aromatic N) is 16. The van der Waals surface area contributed by atoms with Gasteiger partial charge in [0.2, 0.25) is 0 Å². The Balaban J connectivity index is 0.859. The average molecular weight is 1460 g/mol. The molecule has 6 aromatic heterocycles. The Morgan fingerprint density at radius 3 is 0.596 bits per heavy atom. The van der Waals surface area contributed by atoms with Gasteiger partial charge in [-0.1, -0.05) is 261 Å². The summed E-state index contributed by atoms with van der Waals surface area (Å²) in [6, 6.07) is 121. The molecule has 0 fully saturated rings.